The molecule has 162 valence electrons. The second kappa shape index (κ2) is 12.6. The number of amides is 1. The number of guanidine groups is 1. The van der Waals surface area contributed by atoms with Gasteiger partial charge in [-0.3, -0.25) is 14.7 Å². The second-order valence-electron chi connectivity index (χ2n) is 7.63. The lowest BCUT2D eigenvalue weighted by molar-refractivity contribution is -0.137. The predicted molar refractivity (Wildman–Crippen MR) is 130 cm³/mol. The highest BCUT2D eigenvalue weighted by molar-refractivity contribution is 14.0. The third-order valence-electron chi connectivity index (χ3n) is 5.71. The van der Waals surface area contributed by atoms with Crippen molar-refractivity contribution in [2.45, 2.75) is 32.2 Å². The monoisotopic (exact) mass is 533 g/mol. The van der Waals surface area contributed by atoms with Gasteiger partial charge in [-0.15, -0.1) is 24.0 Å². The van der Waals surface area contributed by atoms with Gasteiger partial charge < -0.3 is 15.5 Å². The number of rotatable bonds is 6. The van der Waals surface area contributed by atoms with E-state index in [-0.39, 0.29) is 24.0 Å². The highest BCUT2D eigenvalue weighted by atomic mass is 127. The normalized spacial score (nSPS) is 18.4. The minimum atomic E-state index is 0. The summed E-state index contributed by atoms with van der Waals surface area (Å²) in [7, 11) is 1.78. The Bertz CT molecular complexity index is 656. The Labute approximate surface area is 196 Å². The van der Waals surface area contributed by atoms with E-state index in [4.69, 9.17) is 11.6 Å². The average molecular weight is 534 g/mol. The van der Waals surface area contributed by atoms with Crippen LogP contribution in [-0.4, -0.2) is 68.0 Å². The van der Waals surface area contributed by atoms with Crippen LogP contribution in [0.5, 0.6) is 0 Å². The lowest BCUT2D eigenvalue weighted by atomic mass is 10.1. The Hall–Kier alpha value is -1.06. The molecule has 0 bridgehead atoms. The molecule has 3 rings (SSSR count). The molecule has 2 fully saturated rings. The summed E-state index contributed by atoms with van der Waals surface area (Å²) >= 11 is 5.92. The van der Waals surface area contributed by atoms with Crippen molar-refractivity contribution in [1.29, 1.82) is 0 Å². The molecule has 1 aromatic rings. The standard InChI is InChI=1S/C21H32ClN5O.HI/c1-23-21(25-16-17-6-8-19(22)9-7-17)24-10-11-26-12-14-27(15-13-26)20(28)18-4-2-3-5-18;/h6-9,18H,2-5,10-16H2,1H3,(H2,23,24,25);1H. The van der Waals surface area contributed by atoms with E-state index in [2.05, 4.69) is 25.4 Å². The van der Waals surface area contributed by atoms with Crippen LogP contribution in [0.2, 0.25) is 5.02 Å². The number of benzene rings is 1. The van der Waals surface area contributed by atoms with Crippen LogP contribution >= 0.6 is 35.6 Å². The minimum Gasteiger partial charge on any atom is -0.355 e. The highest BCUT2D eigenvalue weighted by Crippen LogP contribution is 2.26. The van der Waals surface area contributed by atoms with Crippen LogP contribution in [0.3, 0.4) is 0 Å². The molecule has 8 heteroatoms. The zero-order chi connectivity index (χ0) is 19.8. The maximum atomic E-state index is 12.5. The van der Waals surface area contributed by atoms with E-state index in [0.29, 0.717) is 18.4 Å². The first-order valence-electron chi connectivity index (χ1n) is 10.4. The lowest BCUT2D eigenvalue weighted by Crippen LogP contribution is -2.51. The van der Waals surface area contributed by atoms with Gasteiger partial charge in [0.1, 0.15) is 0 Å². The summed E-state index contributed by atoms with van der Waals surface area (Å²) in [6.07, 6.45) is 4.61. The molecule has 6 nitrogen and oxygen atoms in total. The number of aliphatic imine (C=N–C) groups is 1. The Morgan fingerprint density at radius 1 is 1.10 bits per heavy atom. The fourth-order valence-electron chi connectivity index (χ4n) is 3.96. The molecule has 29 heavy (non-hydrogen) atoms. The van der Waals surface area contributed by atoms with Crippen molar-refractivity contribution >= 4 is 47.4 Å². The number of nitrogens with one attached hydrogen (secondary N) is 2. The number of piperazine rings is 1. The van der Waals surface area contributed by atoms with Gasteiger partial charge in [0.15, 0.2) is 5.96 Å². The first kappa shape index (κ1) is 24.2. The van der Waals surface area contributed by atoms with E-state index in [1.165, 1.54) is 12.8 Å². The molecule has 1 aromatic carbocycles. The van der Waals surface area contributed by atoms with Crippen molar-refractivity contribution in [1.82, 2.24) is 20.4 Å². The van der Waals surface area contributed by atoms with E-state index >= 15 is 0 Å². The van der Waals surface area contributed by atoms with Crippen LogP contribution in [0.4, 0.5) is 0 Å². The quantitative estimate of drug-likeness (QED) is 0.335. The highest BCUT2D eigenvalue weighted by Gasteiger charge is 2.29. The molecule has 0 atom stereocenters. The largest absolute Gasteiger partial charge is 0.355 e. The van der Waals surface area contributed by atoms with Gasteiger partial charge in [-0.1, -0.05) is 36.6 Å². The van der Waals surface area contributed by atoms with Crippen molar-refractivity contribution in [3.8, 4) is 0 Å². The van der Waals surface area contributed by atoms with Crippen LogP contribution in [-0.2, 0) is 11.3 Å². The summed E-state index contributed by atoms with van der Waals surface area (Å²) in [6, 6.07) is 7.81. The zero-order valence-electron chi connectivity index (χ0n) is 17.2. The number of halogens is 2. The summed E-state index contributed by atoms with van der Waals surface area (Å²) in [5.74, 6) is 1.48. The molecular weight excluding hydrogens is 501 g/mol. The van der Waals surface area contributed by atoms with Gasteiger partial charge in [-0.2, -0.15) is 0 Å². The predicted octanol–water partition coefficient (Wildman–Crippen LogP) is 2.96. The lowest BCUT2D eigenvalue weighted by Gasteiger charge is -2.36. The molecule has 1 heterocycles. The van der Waals surface area contributed by atoms with Gasteiger partial charge in [0.2, 0.25) is 5.91 Å². The number of hydrogen-bond donors (Lipinski definition) is 2. The van der Waals surface area contributed by atoms with Crippen LogP contribution in [0.25, 0.3) is 0 Å². The first-order valence-corrected chi connectivity index (χ1v) is 10.7. The van der Waals surface area contributed by atoms with Crippen molar-refractivity contribution < 1.29 is 4.79 Å². The van der Waals surface area contributed by atoms with Crippen LogP contribution in [0.15, 0.2) is 29.3 Å². The Kier molecular flexibility index (Phi) is 10.5. The number of carbonyl (C=O) groups excluding carboxylic acids is 1. The second-order valence-corrected chi connectivity index (χ2v) is 8.06. The average Bonchev–Trinajstić information content (AvgIpc) is 3.26. The van der Waals surface area contributed by atoms with Gasteiger partial charge in [0.25, 0.3) is 0 Å². The summed E-state index contributed by atoms with van der Waals surface area (Å²) in [5.41, 5.74) is 1.16. The summed E-state index contributed by atoms with van der Waals surface area (Å²) < 4.78 is 0. The Morgan fingerprint density at radius 3 is 2.38 bits per heavy atom. The molecule has 2 N–H and O–H groups in total. The third-order valence-corrected chi connectivity index (χ3v) is 5.96. The molecule has 1 saturated carbocycles. The maximum absolute atomic E-state index is 12.5. The van der Waals surface area contributed by atoms with Crippen molar-refractivity contribution in [2.75, 3.05) is 46.3 Å². The van der Waals surface area contributed by atoms with Crippen LogP contribution in [0.1, 0.15) is 31.2 Å². The third kappa shape index (κ3) is 7.61. The first-order chi connectivity index (χ1) is 13.7. The van der Waals surface area contributed by atoms with Crippen molar-refractivity contribution in [2.24, 2.45) is 10.9 Å². The SMILES string of the molecule is CN=C(NCCN1CCN(C(=O)C2CCCC2)CC1)NCc1ccc(Cl)cc1.I. The van der Waals surface area contributed by atoms with E-state index in [1.54, 1.807) is 7.05 Å². The molecular formula is C21H33ClIN5O. The summed E-state index contributed by atoms with van der Waals surface area (Å²) in [5, 5.41) is 7.43. The number of hydrogen-bond acceptors (Lipinski definition) is 3. The van der Waals surface area contributed by atoms with Gasteiger partial charge in [-0.05, 0) is 30.5 Å². The molecule has 0 radical (unpaired) electrons. The molecule has 1 amide bonds. The van der Waals surface area contributed by atoms with Gasteiger partial charge in [0.05, 0.1) is 0 Å². The van der Waals surface area contributed by atoms with Gasteiger partial charge in [0, 0.05) is 63.8 Å². The molecule has 2 aliphatic rings. The van der Waals surface area contributed by atoms with Crippen molar-refractivity contribution in [3.05, 3.63) is 34.9 Å². The fraction of sp³-hybridized carbons (Fsp3) is 0.619. The summed E-state index contributed by atoms with van der Waals surface area (Å²) in [4.78, 5) is 21.3. The van der Waals surface area contributed by atoms with Crippen LogP contribution in [0, 0.1) is 5.92 Å². The van der Waals surface area contributed by atoms with Crippen molar-refractivity contribution in [3.63, 3.8) is 0 Å². The molecule has 1 aliphatic carbocycles. The smallest absolute Gasteiger partial charge is 0.225 e. The Balaban J connectivity index is 0.00000300. The number of carbonyl (C=O) groups is 1. The maximum Gasteiger partial charge on any atom is 0.225 e. The molecule has 1 aliphatic heterocycles. The van der Waals surface area contributed by atoms with E-state index in [1.807, 2.05) is 24.3 Å². The number of nitrogens with zero attached hydrogens (tertiary/aromatic N) is 3. The van der Waals surface area contributed by atoms with Gasteiger partial charge in [-0.25, -0.2) is 0 Å². The summed E-state index contributed by atoms with van der Waals surface area (Å²) in [6.45, 7) is 6.12. The molecule has 1 saturated heterocycles. The minimum absolute atomic E-state index is 0. The molecule has 0 aromatic heterocycles. The molecule has 0 unspecified atom stereocenters. The Morgan fingerprint density at radius 2 is 1.76 bits per heavy atom. The fourth-order valence-corrected chi connectivity index (χ4v) is 4.09. The molecule has 0 spiro atoms. The van der Waals surface area contributed by atoms with E-state index < -0.39 is 0 Å². The zero-order valence-corrected chi connectivity index (χ0v) is 20.3. The van der Waals surface area contributed by atoms with Crippen LogP contribution < -0.4 is 10.6 Å². The van der Waals surface area contributed by atoms with Gasteiger partial charge >= 0.3 is 0 Å². The van der Waals surface area contributed by atoms with E-state index in [9.17, 15) is 4.79 Å². The van der Waals surface area contributed by atoms with E-state index in [0.717, 1.165) is 68.7 Å². The topological polar surface area (TPSA) is 60.0 Å².